The Hall–Kier alpha value is -0.630. The number of nitriles is 1. The van der Waals surface area contributed by atoms with Crippen molar-refractivity contribution < 1.29 is 4.74 Å². The summed E-state index contributed by atoms with van der Waals surface area (Å²) in [6.45, 7) is 9.23. The van der Waals surface area contributed by atoms with Gasteiger partial charge in [-0.3, -0.25) is 10.2 Å². The zero-order valence-electron chi connectivity index (χ0n) is 12.9. The molecular weight excluding hydrogens is 238 g/mol. The lowest BCUT2D eigenvalue weighted by atomic mass is 9.99. The Balaban J connectivity index is 2.63. The first-order valence-corrected chi connectivity index (χ1v) is 7.49. The molecule has 2 unspecified atom stereocenters. The molecule has 1 aliphatic rings. The molecule has 0 heterocycles. The van der Waals surface area contributed by atoms with Crippen LogP contribution in [0.15, 0.2) is 0 Å². The van der Waals surface area contributed by atoms with Crippen LogP contribution in [-0.2, 0) is 4.74 Å². The second kappa shape index (κ2) is 7.84. The molecule has 1 rings (SSSR count). The Morgan fingerprint density at radius 2 is 2.26 bits per heavy atom. The van der Waals surface area contributed by atoms with Gasteiger partial charge >= 0.3 is 0 Å². The van der Waals surface area contributed by atoms with Crippen LogP contribution in [0.2, 0.25) is 0 Å². The van der Waals surface area contributed by atoms with Crippen molar-refractivity contribution in [1.82, 2.24) is 10.2 Å². The summed E-state index contributed by atoms with van der Waals surface area (Å²) < 4.78 is 5.20. The van der Waals surface area contributed by atoms with Gasteiger partial charge in [0.2, 0.25) is 0 Å². The quantitative estimate of drug-likeness (QED) is 0.732. The molecule has 4 nitrogen and oxygen atoms in total. The van der Waals surface area contributed by atoms with Crippen LogP contribution in [0.4, 0.5) is 0 Å². The maximum atomic E-state index is 9.50. The molecule has 0 aliphatic heterocycles. The van der Waals surface area contributed by atoms with Gasteiger partial charge < -0.3 is 4.74 Å². The molecule has 1 N–H and O–H groups in total. The Morgan fingerprint density at radius 3 is 2.79 bits per heavy atom. The summed E-state index contributed by atoms with van der Waals surface area (Å²) in [5.41, 5.74) is -0.305. The minimum absolute atomic E-state index is 0.305. The largest absolute Gasteiger partial charge is 0.383 e. The van der Waals surface area contributed by atoms with Crippen LogP contribution in [0, 0.1) is 11.3 Å². The van der Waals surface area contributed by atoms with Gasteiger partial charge in [-0.15, -0.1) is 0 Å². The molecule has 0 bridgehead atoms. The molecule has 0 aromatic rings. The van der Waals surface area contributed by atoms with Crippen molar-refractivity contribution in [3.05, 3.63) is 0 Å². The fraction of sp³-hybridized carbons (Fsp3) is 0.933. The van der Waals surface area contributed by atoms with Gasteiger partial charge in [-0.2, -0.15) is 5.26 Å². The molecule has 1 fully saturated rings. The van der Waals surface area contributed by atoms with Crippen molar-refractivity contribution in [3.8, 4) is 6.07 Å². The number of methoxy groups -OCH3 is 1. The van der Waals surface area contributed by atoms with Crippen molar-refractivity contribution in [2.24, 2.45) is 0 Å². The first-order valence-electron chi connectivity index (χ1n) is 7.49. The van der Waals surface area contributed by atoms with Crippen LogP contribution in [0.25, 0.3) is 0 Å². The minimum Gasteiger partial charge on any atom is -0.383 e. The van der Waals surface area contributed by atoms with Gasteiger partial charge in [0.25, 0.3) is 0 Å². The van der Waals surface area contributed by atoms with Gasteiger partial charge in [0, 0.05) is 25.7 Å². The number of nitrogens with zero attached hydrogens (tertiary/aromatic N) is 2. The first kappa shape index (κ1) is 16.4. The molecule has 0 amide bonds. The summed E-state index contributed by atoms with van der Waals surface area (Å²) in [7, 11) is 1.75. The average Bonchev–Trinajstić information content (AvgIpc) is 2.81. The third-order valence-electron chi connectivity index (χ3n) is 4.10. The first-order chi connectivity index (χ1) is 9.08. The zero-order chi connectivity index (χ0) is 14.3. The van der Waals surface area contributed by atoms with E-state index in [1.165, 1.54) is 0 Å². The van der Waals surface area contributed by atoms with Gasteiger partial charge in [-0.25, -0.2) is 0 Å². The number of hydrogen-bond donors (Lipinski definition) is 1. The van der Waals surface area contributed by atoms with Crippen molar-refractivity contribution in [2.45, 2.75) is 64.1 Å². The van der Waals surface area contributed by atoms with Crippen LogP contribution in [0.5, 0.6) is 0 Å². The van der Waals surface area contributed by atoms with Crippen LogP contribution >= 0.6 is 0 Å². The van der Waals surface area contributed by atoms with E-state index in [4.69, 9.17) is 4.74 Å². The Kier molecular flexibility index (Phi) is 6.78. The molecule has 0 aromatic carbocycles. The highest BCUT2D eigenvalue weighted by Crippen LogP contribution is 2.33. The van der Waals surface area contributed by atoms with Crippen LogP contribution < -0.4 is 5.32 Å². The van der Waals surface area contributed by atoms with E-state index in [-0.39, 0.29) is 5.54 Å². The highest BCUT2D eigenvalue weighted by Gasteiger charge is 2.41. The molecule has 110 valence electrons. The van der Waals surface area contributed by atoms with Crippen LogP contribution in [0.3, 0.4) is 0 Å². The molecule has 1 saturated carbocycles. The van der Waals surface area contributed by atoms with Gasteiger partial charge in [0.05, 0.1) is 12.7 Å². The molecule has 4 heteroatoms. The number of rotatable bonds is 8. The maximum Gasteiger partial charge on any atom is 0.108 e. The number of nitrogens with one attached hydrogen (secondary N) is 1. The summed E-state index contributed by atoms with van der Waals surface area (Å²) in [6, 6.07) is 3.52. The van der Waals surface area contributed by atoms with E-state index in [9.17, 15) is 5.26 Å². The summed E-state index contributed by atoms with van der Waals surface area (Å²) in [5.74, 6) is 0. The third kappa shape index (κ3) is 4.45. The van der Waals surface area contributed by atoms with Gasteiger partial charge in [0.1, 0.15) is 5.54 Å². The Bertz CT molecular complexity index is 300. The van der Waals surface area contributed by atoms with Crippen molar-refractivity contribution in [1.29, 1.82) is 5.26 Å². The molecule has 2 atom stereocenters. The van der Waals surface area contributed by atoms with Crippen LogP contribution in [0.1, 0.15) is 46.5 Å². The number of ether oxygens (including phenoxy) is 1. The minimum atomic E-state index is -0.305. The van der Waals surface area contributed by atoms with Gasteiger partial charge in [0.15, 0.2) is 0 Å². The lowest BCUT2D eigenvalue weighted by molar-refractivity contribution is 0.0952. The highest BCUT2D eigenvalue weighted by atomic mass is 16.5. The molecule has 0 saturated heterocycles. The fourth-order valence-corrected chi connectivity index (χ4v) is 3.03. The molecule has 0 aromatic heterocycles. The summed E-state index contributed by atoms with van der Waals surface area (Å²) in [6.07, 6.45) is 4.08. The summed E-state index contributed by atoms with van der Waals surface area (Å²) in [4.78, 5) is 2.48. The van der Waals surface area contributed by atoms with Crippen molar-refractivity contribution in [3.63, 3.8) is 0 Å². The SMILES string of the molecule is CCCNC1(C#N)CCC(N(CCOC)C(C)C)C1. The van der Waals surface area contributed by atoms with Crippen LogP contribution in [-0.4, -0.2) is 49.3 Å². The smallest absolute Gasteiger partial charge is 0.108 e. The summed E-state index contributed by atoms with van der Waals surface area (Å²) >= 11 is 0. The van der Waals surface area contributed by atoms with E-state index in [0.29, 0.717) is 12.1 Å². The maximum absolute atomic E-state index is 9.50. The predicted molar refractivity (Wildman–Crippen MR) is 78.0 cm³/mol. The van der Waals surface area contributed by atoms with E-state index in [0.717, 1.165) is 45.4 Å². The van der Waals surface area contributed by atoms with Gasteiger partial charge in [-0.05, 0) is 46.1 Å². The molecule has 19 heavy (non-hydrogen) atoms. The van der Waals surface area contributed by atoms with Crippen molar-refractivity contribution in [2.75, 3.05) is 26.8 Å². The molecule has 0 radical (unpaired) electrons. The van der Waals surface area contributed by atoms with E-state index in [1.54, 1.807) is 7.11 Å². The molecular formula is C15H29N3O. The highest BCUT2D eigenvalue weighted by molar-refractivity contribution is 5.13. The average molecular weight is 267 g/mol. The number of hydrogen-bond acceptors (Lipinski definition) is 4. The Morgan fingerprint density at radius 1 is 1.53 bits per heavy atom. The monoisotopic (exact) mass is 267 g/mol. The molecule has 1 aliphatic carbocycles. The molecule has 0 spiro atoms. The van der Waals surface area contributed by atoms with E-state index in [2.05, 4.69) is 37.1 Å². The summed E-state index contributed by atoms with van der Waals surface area (Å²) in [5, 5.41) is 13.0. The topological polar surface area (TPSA) is 48.3 Å². The lowest BCUT2D eigenvalue weighted by Crippen LogP contribution is -2.46. The van der Waals surface area contributed by atoms with E-state index < -0.39 is 0 Å². The lowest BCUT2D eigenvalue weighted by Gasteiger charge is -2.33. The fourth-order valence-electron chi connectivity index (χ4n) is 3.03. The third-order valence-corrected chi connectivity index (χ3v) is 4.10. The van der Waals surface area contributed by atoms with E-state index in [1.807, 2.05) is 0 Å². The predicted octanol–water partition coefficient (Wildman–Crippen LogP) is 2.16. The Labute approximate surface area is 118 Å². The van der Waals surface area contributed by atoms with Crippen molar-refractivity contribution >= 4 is 0 Å². The second-order valence-electron chi connectivity index (χ2n) is 5.84. The zero-order valence-corrected chi connectivity index (χ0v) is 12.9. The normalized spacial score (nSPS) is 27.1. The van der Waals surface area contributed by atoms with E-state index >= 15 is 0 Å². The second-order valence-corrected chi connectivity index (χ2v) is 5.84. The standard InChI is InChI=1S/C15H29N3O/c1-5-8-17-15(12-16)7-6-14(11-15)18(13(2)3)9-10-19-4/h13-14,17H,5-11H2,1-4H3. The van der Waals surface area contributed by atoms with Gasteiger partial charge in [-0.1, -0.05) is 6.92 Å².